The molecule has 0 spiro atoms. The maximum Gasteiger partial charge on any atom is 0.227 e. The predicted octanol–water partition coefficient (Wildman–Crippen LogP) is 2.23. The van der Waals surface area contributed by atoms with E-state index >= 15 is 0 Å². The molecule has 1 aliphatic heterocycles. The number of nitrogens with zero attached hydrogens (tertiary/aromatic N) is 2. The number of nitrogens with two attached hydrogens (primary N) is 1. The van der Waals surface area contributed by atoms with Crippen LogP contribution < -0.4 is 11.1 Å². The Kier molecular flexibility index (Phi) is 3.70. The zero-order chi connectivity index (χ0) is 14.8. The van der Waals surface area contributed by atoms with Gasteiger partial charge in [-0.15, -0.1) is 0 Å². The van der Waals surface area contributed by atoms with Crippen molar-refractivity contribution in [3.05, 3.63) is 30.2 Å². The largest absolute Gasteiger partial charge is 0.323 e. The van der Waals surface area contributed by atoms with Gasteiger partial charge in [0.2, 0.25) is 5.91 Å². The van der Waals surface area contributed by atoms with Crippen LogP contribution in [0.2, 0.25) is 0 Å². The summed E-state index contributed by atoms with van der Waals surface area (Å²) >= 11 is 0. The van der Waals surface area contributed by atoms with Gasteiger partial charge in [-0.25, -0.2) is 0 Å². The molecule has 0 saturated carbocycles. The topological polar surface area (TPSA) is 96.7 Å². The Bertz CT molecular complexity index is 651. The van der Waals surface area contributed by atoms with Crippen molar-refractivity contribution in [1.29, 1.82) is 0 Å². The lowest BCUT2D eigenvalue weighted by Crippen LogP contribution is -2.21. The molecular weight excluding hydrogens is 266 g/mol. The number of pyridine rings is 1. The number of hydrogen-bond donors (Lipinski definition) is 3. The second-order valence-corrected chi connectivity index (χ2v) is 5.56. The van der Waals surface area contributed by atoms with E-state index < -0.39 is 0 Å². The highest BCUT2D eigenvalue weighted by Crippen LogP contribution is 2.29. The Morgan fingerprint density at radius 3 is 3.10 bits per heavy atom. The van der Waals surface area contributed by atoms with Gasteiger partial charge < -0.3 is 11.1 Å². The monoisotopic (exact) mass is 285 g/mol. The summed E-state index contributed by atoms with van der Waals surface area (Å²) in [5.41, 5.74) is 9.48. The van der Waals surface area contributed by atoms with Gasteiger partial charge >= 0.3 is 0 Å². The maximum absolute atomic E-state index is 12.2. The smallest absolute Gasteiger partial charge is 0.227 e. The van der Waals surface area contributed by atoms with E-state index in [0.29, 0.717) is 5.69 Å². The number of fused-ring (bicyclic) bond motifs is 4. The standard InChI is InChI=1S/C15H19N5O/c1-9-3-2-4-11(16)12-7-10(5-6-17-12)14-13(8-18-20-14)19-15(9)21/h5-9,11H,2-4,16H2,1H3,(H,18,20)(H,19,21)/t9-,11+/m1/s1. The van der Waals surface area contributed by atoms with Crippen molar-refractivity contribution < 1.29 is 4.79 Å². The van der Waals surface area contributed by atoms with E-state index in [-0.39, 0.29) is 17.9 Å². The molecule has 0 fully saturated rings. The minimum Gasteiger partial charge on any atom is -0.323 e. The van der Waals surface area contributed by atoms with Crippen LogP contribution in [0.5, 0.6) is 0 Å². The molecule has 1 amide bonds. The molecule has 6 nitrogen and oxygen atoms in total. The van der Waals surface area contributed by atoms with Gasteiger partial charge in [0.25, 0.3) is 0 Å². The van der Waals surface area contributed by atoms with E-state index in [1.807, 2.05) is 19.1 Å². The molecule has 0 saturated heterocycles. The molecule has 2 aromatic rings. The molecule has 0 unspecified atom stereocenters. The van der Waals surface area contributed by atoms with Gasteiger partial charge in [-0.2, -0.15) is 5.10 Å². The number of aromatic amines is 1. The molecule has 0 radical (unpaired) electrons. The second kappa shape index (κ2) is 5.65. The average molecular weight is 285 g/mol. The van der Waals surface area contributed by atoms with Crippen molar-refractivity contribution in [1.82, 2.24) is 15.2 Å². The first-order chi connectivity index (χ1) is 10.1. The highest BCUT2D eigenvalue weighted by Gasteiger charge is 2.19. The van der Waals surface area contributed by atoms with E-state index in [2.05, 4.69) is 20.5 Å². The SMILES string of the molecule is C[C@@H]1CCC[C@H](N)c2cc(ccn2)-c2[nH]ncc2NC1=O. The lowest BCUT2D eigenvalue weighted by Gasteiger charge is -2.17. The van der Waals surface area contributed by atoms with Crippen molar-refractivity contribution in [2.24, 2.45) is 11.7 Å². The number of carbonyl (C=O) groups is 1. The fourth-order valence-electron chi connectivity index (χ4n) is 2.59. The van der Waals surface area contributed by atoms with Gasteiger partial charge in [0.15, 0.2) is 0 Å². The number of hydrogen-bond acceptors (Lipinski definition) is 4. The number of rotatable bonds is 0. The quantitative estimate of drug-likeness (QED) is 0.691. The third kappa shape index (κ3) is 2.80. The highest BCUT2D eigenvalue weighted by atomic mass is 16.1. The number of carbonyl (C=O) groups excluding carboxylic acids is 1. The van der Waals surface area contributed by atoms with Crippen LogP contribution in [-0.2, 0) is 4.79 Å². The van der Waals surface area contributed by atoms with E-state index in [1.54, 1.807) is 12.4 Å². The Morgan fingerprint density at radius 2 is 2.24 bits per heavy atom. The minimum atomic E-state index is -0.106. The van der Waals surface area contributed by atoms with Gasteiger partial charge in [0, 0.05) is 23.7 Å². The van der Waals surface area contributed by atoms with Gasteiger partial charge in [0.05, 0.1) is 23.3 Å². The first-order valence-corrected chi connectivity index (χ1v) is 7.21. The summed E-state index contributed by atoms with van der Waals surface area (Å²) in [5, 5.41) is 9.91. The van der Waals surface area contributed by atoms with Gasteiger partial charge in [-0.1, -0.05) is 13.3 Å². The Morgan fingerprint density at radius 1 is 1.38 bits per heavy atom. The molecule has 6 heteroatoms. The van der Waals surface area contributed by atoms with Crippen LogP contribution in [0.15, 0.2) is 24.5 Å². The molecule has 2 aromatic heterocycles. The van der Waals surface area contributed by atoms with Gasteiger partial charge in [-0.05, 0) is 25.0 Å². The zero-order valence-corrected chi connectivity index (χ0v) is 12.0. The number of H-pyrrole nitrogens is 1. The second-order valence-electron chi connectivity index (χ2n) is 5.56. The van der Waals surface area contributed by atoms with Gasteiger partial charge in [-0.3, -0.25) is 14.9 Å². The summed E-state index contributed by atoms with van der Waals surface area (Å²) < 4.78 is 0. The van der Waals surface area contributed by atoms with Crippen LogP contribution in [0, 0.1) is 5.92 Å². The Hall–Kier alpha value is -2.21. The highest BCUT2D eigenvalue weighted by molar-refractivity contribution is 5.95. The fourth-order valence-corrected chi connectivity index (χ4v) is 2.59. The molecule has 2 bridgehead atoms. The number of nitrogens with one attached hydrogen (secondary N) is 2. The Balaban J connectivity index is 2.05. The first kappa shape index (κ1) is 13.8. The molecule has 110 valence electrons. The predicted molar refractivity (Wildman–Crippen MR) is 80.4 cm³/mol. The third-order valence-electron chi connectivity index (χ3n) is 3.95. The minimum absolute atomic E-state index is 0.0149. The van der Waals surface area contributed by atoms with E-state index in [4.69, 9.17) is 5.73 Å². The summed E-state index contributed by atoms with van der Waals surface area (Å²) in [5.74, 6) is -0.0354. The molecule has 21 heavy (non-hydrogen) atoms. The summed E-state index contributed by atoms with van der Waals surface area (Å²) in [6.45, 7) is 1.93. The van der Waals surface area contributed by atoms with Crippen LogP contribution in [0.4, 0.5) is 5.69 Å². The molecule has 1 aliphatic rings. The summed E-state index contributed by atoms with van der Waals surface area (Å²) in [6, 6.07) is 3.74. The van der Waals surface area contributed by atoms with E-state index in [1.165, 1.54) is 0 Å². The van der Waals surface area contributed by atoms with E-state index in [0.717, 1.165) is 36.2 Å². The molecule has 3 rings (SSSR count). The molecule has 2 atom stereocenters. The van der Waals surface area contributed by atoms with Crippen molar-refractivity contribution in [3.63, 3.8) is 0 Å². The molecule has 0 aliphatic carbocycles. The summed E-state index contributed by atoms with van der Waals surface area (Å²) in [7, 11) is 0. The van der Waals surface area contributed by atoms with Crippen LogP contribution in [0.1, 0.15) is 37.9 Å². The molecule has 4 N–H and O–H groups in total. The zero-order valence-electron chi connectivity index (χ0n) is 12.0. The van der Waals surface area contributed by atoms with Crippen molar-refractivity contribution in [3.8, 4) is 11.3 Å². The van der Waals surface area contributed by atoms with Crippen LogP contribution in [0.25, 0.3) is 11.3 Å². The van der Waals surface area contributed by atoms with Crippen LogP contribution in [0.3, 0.4) is 0 Å². The number of amides is 1. The average Bonchev–Trinajstić information content (AvgIpc) is 2.94. The van der Waals surface area contributed by atoms with Crippen LogP contribution >= 0.6 is 0 Å². The summed E-state index contributed by atoms with van der Waals surface area (Å²) in [6.07, 6.45) is 5.91. The van der Waals surface area contributed by atoms with Crippen molar-refractivity contribution in [2.45, 2.75) is 32.2 Å². The molecule has 3 heterocycles. The lowest BCUT2D eigenvalue weighted by molar-refractivity contribution is -0.119. The molecular formula is C15H19N5O. The lowest BCUT2D eigenvalue weighted by atomic mass is 9.98. The summed E-state index contributed by atoms with van der Waals surface area (Å²) in [4.78, 5) is 16.6. The normalized spacial score (nSPS) is 22.7. The maximum atomic E-state index is 12.2. The Labute approximate surface area is 123 Å². The number of anilines is 1. The molecule has 0 aromatic carbocycles. The first-order valence-electron chi connectivity index (χ1n) is 7.21. The van der Waals surface area contributed by atoms with Crippen molar-refractivity contribution in [2.75, 3.05) is 5.32 Å². The number of aromatic nitrogens is 3. The van der Waals surface area contributed by atoms with Gasteiger partial charge in [0.1, 0.15) is 0 Å². The van der Waals surface area contributed by atoms with Crippen molar-refractivity contribution >= 4 is 11.6 Å². The third-order valence-corrected chi connectivity index (χ3v) is 3.95. The van der Waals surface area contributed by atoms with Crippen LogP contribution in [-0.4, -0.2) is 21.1 Å². The van der Waals surface area contributed by atoms with E-state index in [9.17, 15) is 4.79 Å². The fraction of sp³-hybridized carbons (Fsp3) is 0.400.